The van der Waals surface area contributed by atoms with Crippen molar-refractivity contribution in [3.63, 3.8) is 0 Å². The SMILES string of the molecule is CCOc1cncc(-c2ccc(C(=O)N[C@H](CC)c3cncc(NS(=O)(=O)C4CC4)n3)c(F)c2)n1. The summed E-state index contributed by atoms with van der Waals surface area (Å²) in [4.78, 5) is 29.5. The number of nitrogens with zero attached hydrogens (tertiary/aromatic N) is 4. The van der Waals surface area contributed by atoms with Gasteiger partial charge in [-0.15, -0.1) is 0 Å². The maximum Gasteiger partial charge on any atom is 0.254 e. The Bertz CT molecular complexity index is 1330. The van der Waals surface area contributed by atoms with E-state index in [-0.39, 0.29) is 11.4 Å². The second kappa shape index (κ2) is 10.3. The molecule has 1 aromatic carbocycles. The van der Waals surface area contributed by atoms with E-state index in [0.717, 1.165) is 0 Å². The first kappa shape index (κ1) is 24.5. The molecule has 2 heterocycles. The summed E-state index contributed by atoms with van der Waals surface area (Å²) in [5, 5.41) is 2.33. The van der Waals surface area contributed by atoms with E-state index in [0.29, 0.717) is 48.7 Å². The first-order chi connectivity index (χ1) is 16.8. The molecule has 1 saturated carbocycles. The van der Waals surface area contributed by atoms with E-state index in [1.54, 1.807) is 6.07 Å². The third-order valence-electron chi connectivity index (χ3n) is 5.35. The predicted molar refractivity (Wildman–Crippen MR) is 127 cm³/mol. The Morgan fingerprint density at radius 3 is 2.60 bits per heavy atom. The minimum Gasteiger partial charge on any atom is -0.477 e. The van der Waals surface area contributed by atoms with Gasteiger partial charge in [-0.3, -0.25) is 19.5 Å². The normalized spacial score (nSPS) is 14.3. The number of ether oxygens (including phenoxy) is 1. The molecule has 0 spiro atoms. The molecule has 184 valence electrons. The Balaban J connectivity index is 1.49. The quantitative estimate of drug-likeness (QED) is 0.433. The molecule has 12 heteroatoms. The van der Waals surface area contributed by atoms with Crippen molar-refractivity contribution in [1.29, 1.82) is 0 Å². The maximum atomic E-state index is 14.9. The van der Waals surface area contributed by atoms with Gasteiger partial charge in [-0.05, 0) is 38.3 Å². The molecule has 0 bridgehead atoms. The van der Waals surface area contributed by atoms with Crippen LogP contribution in [-0.4, -0.2) is 46.1 Å². The summed E-state index contributed by atoms with van der Waals surface area (Å²) < 4.78 is 47.0. The fourth-order valence-corrected chi connectivity index (χ4v) is 4.70. The number of aromatic nitrogens is 4. The van der Waals surface area contributed by atoms with E-state index in [1.807, 2.05) is 13.8 Å². The second-order valence-corrected chi connectivity index (χ2v) is 9.94. The monoisotopic (exact) mass is 500 g/mol. The maximum absolute atomic E-state index is 14.9. The Kier molecular flexibility index (Phi) is 7.20. The van der Waals surface area contributed by atoms with Gasteiger partial charge in [0.2, 0.25) is 15.9 Å². The molecular formula is C23H25FN6O4S. The largest absolute Gasteiger partial charge is 0.477 e. The highest BCUT2D eigenvalue weighted by Gasteiger charge is 2.36. The number of anilines is 1. The van der Waals surface area contributed by atoms with Gasteiger partial charge in [0.25, 0.3) is 5.91 Å². The molecule has 0 radical (unpaired) electrons. The molecule has 2 aromatic heterocycles. The Hall–Kier alpha value is -3.67. The van der Waals surface area contributed by atoms with E-state index < -0.39 is 33.0 Å². The van der Waals surface area contributed by atoms with Gasteiger partial charge >= 0.3 is 0 Å². The van der Waals surface area contributed by atoms with Gasteiger partial charge in [0.15, 0.2) is 5.82 Å². The summed E-state index contributed by atoms with van der Waals surface area (Å²) in [6, 6.07) is 3.55. The first-order valence-corrected chi connectivity index (χ1v) is 12.7. The van der Waals surface area contributed by atoms with Crippen molar-refractivity contribution < 1.29 is 22.3 Å². The molecule has 1 aliphatic carbocycles. The van der Waals surface area contributed by atoms with Crippen LogP contribution in [0.4, 0.5) is 10.2 Å². The number of halogens is 1. The summed E-state index contributed by atoms with van der Waals surface area (Å²) in [5.41, 5.74) is 1.06. The van der Waals surface area contributed by atoms with Crippen molar-refractivity contribution in [1.82, 2.24) is 25.3 Å². The van der Waals surface area contributed by atoms with Gasteiger partial charge < -0.3 is 10.1 Å². The summed E-state index contributed by atoms with van der Waals surface area (Å²) in [6.45, 7) is 4.06. The molecule has 0 aliphatic heterocycles. The zero-order valence-corrected chi connectivity index (χ0v) is 20.0. The highest BCUT2D eigenvalue weighted by molar-refractivity contribution is 7.93. The van der Waals surface area contributed by atoms with Crippen LogP contribution in [0.3, 0.4) is 0 Å². The number of hydrogen-bond acceptors (Lipinski definition) is 8. The molecule has 0 unspecified atom stereocenters. The molecule has 1 atom stereocenters. The molecule has 3 aromatic rings. The van der Waals surface area contributed by atoms with Crippen molar-refractivity contribution in [3.8, 4) is 17.1 Å². The van der Waals surface area contributed by atoms with Crippen LogP contribution < -0.4 is 14.8 Å². The van der Waals surface area contributed by atoms with E-state index in [1.165, 1.54) is 36.9 Å². The van der Waals surface area contributed by atoms with Crippen molar-refractivity contribution in [3.05, 3.63) is 60.1 Å². The average molecular weight is 501 g/mol. The molecule has 2 N–H and O–H groups in total. The van der Waals surface area contributed by atoms with Crippen LogP contribution in [-0.2, 0) is 10.0 Å². The molecule has 4 rings (SSSR count). The minimum absolute atomic E-state index is 0.0769. The molecule has 1 amide bonds. The number of rotatable bonds is 10. The summed E-state index contributed by atoms with van der Waals surface area (Å²) in [6.07, 6.45) is 7.35. The molecule has 10 nitrogen and oxygen atoms in total. The van der Waals surface area contributed by atoms with Crippen LogP contribution in [0, 0.1) is 5.82 Å². The van der Waals surface area contributed by atoms with Crippen LogP contribution >= 0.6 is 0 Å². The van der Waals surface area contributed by atoms with E-state index in [4.69, 9.17) is 4.74 Å². The van der Waals surface area contributed by atoms with E-state index >= 15 is 0 Å². The summed E-state index contributed by atoms with van der Waals surface area (Å²) >= 11 is 0. The van der Waals surface area contributed by atoms with Crippen molar-refractivity contribution >= 4 is 21.7 Å². The van der Waals surface area contributed by atoms with E-state index in [2.05, 4.69) is 30.0 Å². The number of nitrogens with one attached hydrogen (secondary N) is 2. The summed E-state index contributed by atoms with van der Waals surface area (Å²) in [5.74, 6) is -0.967. The van der Waals surface area contributed by atoms with Crippen LogP contribution in [0.5, 0.6) is 5.88 Å². The van der Waals surface area contributed by atoms with Gasteiger partial charge in [0, 0.05) is 5.56 Å². The van der Waals surface area contributed by atoms with Crippen molar-refractivity contribution in [2.75, 3.05) is 11.3 Å². The predicted octanol–water partition coefficient (Wildman–Crippen LogP) is 3.26. The van der Waals surface area contributed by atoms with Gasteiger partial charge in [0.05, 0.1) is 59.6 Å². The lowest BCUT2D eigenvalue weighted by atomic mass is 10.1. The fraction of sp³-hybridized carbons (Fsp3) is 0.348. The number of sulfonamides is 1. The van der Waals surface area contributed by atoms with Gasteiger partial charge in [0.1, 0.15) is 5.82 Å². The number of benzene rings is 1. The molecule has 1 aliphatic rings. The number of amides is 1. The average Bonchev–Trinajstić information content (AvgIpc) is 3.69. The van der Waals surface area contributed by atoms with Crippen LogP contribution in [0.15, 0.2) is 43.0 Å². The van der Waals surface area contributed by atoms with Gasteiger partial charge in [-0.25, -0.2) is 22.8 Å². The standard InChI is InChI=1S/C23H25FN6O4S/c1-3-18(20-11-25-12-21(27-20)30-35(32,33)15-6-7-15)29-23(31)16-8-5-14(9-17(16)24)19-10-26-13-22(28-19)34-4-2/h5,8-13,15,18H,3-4,6-7H2,1-2H3,(H,27,30)(H,29,31)/t18-/m1/s1. The molecular weight excluding hydrogens is 475 g/mol. The summed E-state index contributed by atoms with van der Waals surface area (Å²) in [7, 11) is -3.50. The van der Waals surface area contributed by atoms with Crippen LogP contribution in [0.2, 0.25) is 0 Å². The number of carbonyl (C=O) groups excluding carboxylic acids is 1. The number of hydrogen-bond donors (Lipinski definition) is 2. The smallest absolute Gasteiger partial charge is 0.254 e. The third kappa shape index (κ3) is 5.88. The zero-order chi connectivity index (χ0) is 25.0. The Labute approximate surface area is 202 Å². The van der Waals surface area contributed by atoms with Crippen LogP contribution in [0.25, 0.3) is 11.3 Å². The lowest BCUT2D eigenvalue weighted by Gasteiger charge is -2.17. The zero-order valence-electron chi connectivity index (χ0n) is 19.2. The molecule has 0 saturated heterocycles. The topological polar surface area (TPSA) is 136 Å². The highest BCUT2D eigenvalue weighted by atomic mass is 32.2. The first-order valence-electron chi connectivity index (χ1n) is 11.2. The molecule has 35 heavy (non-hydrogen) atoms. The second-order valence-electron chi connectivity index (χ2n) is 7.98. The van der Waals surface area contributed by atoms with Crippen molar-refractivity contribution in [2.45, 2.75) is 44.4 Å². The van der Waals surface area contributed by atoms with Crippen LogP contribution in [0.1, 0.15) is 55.2 Å². The highest BCUT2D eigenvalue weighted by Crippen LogP contribution is 2.29. The number of carbonyl (C=O) groups is 1. The minimum atomic E-state index is -3.50. The van der Waals surface area contributed by atoms with Gasteiger partial charge in [-0.2, -0.15) is 0 Å². The lowest BCUT2D eigenvalue weighted by Crippen LogP contribution is -2.30. The molecule has 1 fully saturated rings. The lowest BCUT2D eigenvalue weighted by molar-refractivity contribution is 0.0930. The van der Waals surface area contributed by atoms with Crippen molar-refractivity contribution in [2.24, 2.45) is 0 Å². The van der Waals surface area contributed by atoms with E-state index in [9.17, 15) is 17.6 Å². The Morgan fingerprint density at radius 2 is 1.91 bits per heavy atom. The van der Waals surface area contributed by atoms with Gasteiger partial charge in [-0.1, -0.05) is 13.0 Å². The third-order valence-corrected chi connectivity index (χ3v) is 7.19. The Morgan fingerprint density at radius 1 is 1.14 bits per heavy atom. The fourth-order valence-electron chi connectivity index (χ4n) is 3.39.